The van der Waals surface area contributed by atoms with E-state index in [9.17, 15) is 4.79 Å². The number of aromatic nitrogens is 1. The van der Waals surface area contributed by atoms with Crippen LogP contribution < -0.4 is 5.32 Å². The van der Waals surface area contributed by atoms with Crippen molar-refractivity contribution in [2.24, 2.45) is 0 Å². The molecule has 1 aromatic heterocycles. The molecule has 0 aromatic carbocycles. The van der Waals surface area contributed by atoms with E-state index in [1.54, 1.807) is 6.92 Å². The van der Waals surface area contributed by atoms with Gasteiger partial charge in [0, 0.05) is 12.2 Å². The molecule has 0 spiro atoms. The molecule has 1 aliphatic rings. The minimum absolute atomic E-state index is 0.335. The standard InChI is InChI=1S/C19H31BN2O4/c1-9-24-17(23)16-12(2)15(13(3)22-16)10-14(11-21-8)20-25-18(4,5)19(6,7)26-20/h10,21-22H,9,11H2,1-8H3. The van der Waals surface area contributed by atoms with E-state index in [1.165, 1.54) is 0 Å². The summed E-state index contributed by atoms with van der Waals surface area (Å²) in [6, 6.07) is 0. The predicted molar refractivity (Wildman–Crippen MR) is 104 cm³/mol. The number of aromatic amines is 1. The number of aryl methyl sites for hydroxylation is 1. The van der Waals surface area contributed by atoms with Gasteiger partial charge in [0.15, 0.2) is 0 Å². The van der Waals surface area contributed by atoms with Crippen LogP contribution in [0.25, 0.3) is 6.08 Å². The zero-order valence-electron chi connectivity index (χ0n) is 17.2. The summed E-state index contributed by atoms with van der Waals surface area (Å²) in [5.74, 6) is -0.335. The fourth-order valence-corrected chi connectivity index (χ4v) is 2.97. The maximum absolute atomic E-state index is 12.1. The largest absolute Gasteiger partial charge is 0.491 e. The van der Waals surface area contributed by atoms with Gasteiger partial charge in [0.1, 0.15) is 5.69 Å². The van der Waals surface area contributed by atoms with Gasteiger partial charge in [-0.1, -0.05) is 6.08 Å². The molecule has 0 bridgehead atoms. The zero-order valence-corrected chi connectivity index (χ0v) is 17.2. The highest BCUT2D eigenvalue weighted by molar-refractivity contribution is 6.56. The summed E-state index contributed by atoms with van der Waals surface area (Å²) in [6.45, 7) is 14.8. The molecule has 2 heterocycles. The van der Waals surface area contributed by atoms with Crippen molar-refractivity contribution in [3.63, 3.8) is 0 Å². The van der Waals surface area contributed by atoms with Gasteiger partial charge in [-0.15, -0.1) is 0 Å². The molecule has 1 aromatic rings. The van der Waals surface area contributed by atoms with Crippen molar-refractivity contribution in [3.05, 3.63) is 28.0 Å². The monoisotopic (exact) mass is 362 g/mol. The molecule has 26 heavy (non-hydrogen) atoms. The molecule has 1 aliphatic heterocycles. The number of hydrogen-bond donors (Lipinski definition) is 2. The molecule has 2 N–H and O–H groups in total. The third-order valence-corrected chi connectivity index (χ3v) is 5.24. The summed E-state index contributed by atoms with van der Waals surface area (Å²) in [6.07, 6.45) is 2.04. The Morgan fingerprint density at radius 1 is 1.23 bits per heavy atom. The molecule has 2 rings (SSSR count). The van der Waals surface area contributed by atoms with Gasteiger partial charge in [-0.3, -0.25) is 0 Å². The van der Waals surface area contributed by atoms with Gasteiger partial charge in [0.05, 0.1) is 17.8 Å². The molecule has 7 heteroatoms. The summed E-state index contributed by atoms with van der Waals surface area (Å²) in [5.41, 5.74) is 3.42. The Bertz CT molecular complexity index is 691. The summed E-state index contributed by atoms with van der Waals surface area (Å²) in [4.78, 5) is 15.3. The number of esters is 1. The molecule has 1 saturated heterocycles. The Morgan fingerprint density at radius 3 is 2.31 bits per heavy atom. The molecule has 0 saturated carbocycles. The lowest BCUT2D eigenvalue weighted by Crippen LogP contribution is -2.41. The van der Waals surface area contributed by atoms with E-state index in [1.807, 2.05) is 54.7 Å². The van der Waals surface area contributed by atoms with Gasteiger partial charge >= 0.3 is 13.1 Å². The number of rotatable bonds is 6. The van der Waals surface area contributed by atoms with E-state index in [0.29, 0.717) is 18.8 Å². The fourth-order valence-electron chi connectivity index (χ4n) is 2.97. The first-order chi connectivity index (χ1) is 12.0. The first kappa shape index (κ1) is 20.7. The van der Waals surface area contributed by atoms with Crippen LogP contribution in [0, 0.1) is 13.8 Å². The summed E-state index contributed by atoms with van der Waals surface area (Å²) in [7, 11) is 1.45. The lowest BCUT2D eigenvalue weighted by molar-refractivity contribution is 0.00578. The van der Waals surface area contributed by atoms with Crippen molar-refractivity contribution in [3.8, 4) is 0 Å². The van der Waals surface area contributed by atoms with Crippen LogP contribution in [-0.2, 0) is 14.0 Å². The van der Waals surface area contributed by atoms with Crippen LogP contribution in [0.4, 0.5) is 0 Å². The number of H-pyrrole nitrogens is 1. The summed E-state index contributed by atoms with van der Waals surface area (Å²) >= 11 is 0. The second-order valence-corrected chi connectivity index (χ2v) is 7.72. The van der Waals surface area contributed by atoms with Crippen molar-refractivity contribution in [1.82, 2.24) is 10.3 Å². The number of likely N-dealkylation sites (N-methyl/N-ethyl adjacent to an activating group) is 1. The molecule has 1 fully saturated rings. The number of carbonyl (C=O) groups excluding carboxylic acids is 1. The topological polar surface area (TPSA) is 72.6 Å². The van der Waals surface area contributed by atoms with Crippen LogP contribution in [0.2, 0.25) is 0 Å². The van der Waals surface area contributed by atoms with Crippen molar-refractivity contribution < 1.29 is 18.8 Å². The molecule has 144 valence electrons. The smallest absolute Gasteiger partial charge is 0.461 e. The van der Waals surface area contributed by atoms with Crippen LogP contribution in [0.15, 0.2) is 5.47 Å². The molecular formula is C19H31BN2O4. The van der Waals surface area contributed by atoms with Gasteiger partial charge in [0.25, 0.3) is 0 Å². The van der Waals surface area contributed by atoms with Gasteiger partial charge in [-0.2, -0.15) is 0 Å². The second kappa shape index (κ2) is 7.58. The predicted octanol–water partition coefficient (Wildman–Crippen LogP) is 3.04. The molecular weight excluding hydrogens is 331 g/mol. The number of nitrogens with one attached hydrogen (secondary N) is 2. The Kier molecular flexibility index (Phi) is 6.05. The highest BCUT2D eigenvalue weighted by atomic mass is 16.7. The van der Waals surface area contributed by atoms with Gasteiger partial charge in [-0.25, -0.2) is 4.79 Å². The Labute approximate surface area is 156 Å². The molecule has 0 radical (unpaired) electrons. The minimum Gasteiger partial charge on any atom is -0.461 e. The highest BCUT2D eigenvalue weighted by Gasteiger charge is 2.52. The number of ether oxygens (including phenoxy) is 1. The number of hydrogen-bond acceptors (Lipinski definition) is 5. The Morgan fingerprint density at radius 2 is 1.81 bits per heavy atom. The second-order valence-electron chi connectivity index (χ2n) is 7.72. The van der Waals surface area contributed by atoms with Crippen LogP contribution in [-0.4, -0.2) is 49.5 Å². The lowest BCUT2D eigenvalue weighted by atomic mass is 9.76. The summed E-state index contributed by atoms with van der Waals surface area (Å²) in [5, 5.41) is 3.18. The van der Waals surface area contributed by atoms with Crippen LogP contribution in [0.5, 0.6) is 0 Å². The first-order valence-electron chi connectivity index (χ1n) is 9.11. The van der Waals surface area contributed by atoms with Gasteiger partial charge in [-0.05, 0) is 72.1 Å². The SMILES string of the molecule is CCOC(=O)c1[nH]c(C)c(C=C(CNC)B2OC(C)(C)C(C)(C)O2)c1C. The molecule has 0 amide bonds. The van der Waals surface area contributed by atoms with Gasteiger partial charge in [0.2, 0.25) is 0 Å². The average molecular weight is 362 g/mol. The van der Waals surface area contributed by atoms with Gasteiger partial charge < -0.3 is 24.3 Å². The van der Waals surface area contributed by atoms with E-state index in [0.717, 1.165) is 22.3 Å². The van der Waals surface area contributed by atoms with E-state index < -0.39 is 18.3 Å². The van der Waals surface area contributed by atoms with Crippen molar-refractivity contribution >= 4 is 19.2 Å². The number of carbonyl (C=O) groups is 1. The Balaban J connectivity index is 2.40. The Hall–Kier alpha value is -1.57. The van der Waals surface area contributed by atoms with E-state index in [-0.39, 0.29) is 5.97 Å². The third-order valence-electron chi connectivity index (χ3n) is 5.24. The van der Waals surface area contributed by atoms with E-state index in [2.05, 4.69) is 10.3 Å². The molecule has 6 nitrogen and oxygen atoms in total. The zero-order chi connectivity index (χ0) is 19.7. The van der Waals surface area contributed by atoms with E-state index >= 15 is 0 Å². The van der Waals surface area contributed by atoms with Crippen molar-refractivity contribution in [1.29, 1.82) is 0 Å². The molecule has 0 unspecified atom stereocenters. The van der Waals surface area contributed by atoms with Crippen LogP contribution in [0.3, 0.4) is 0 Å². The van der Waals surface area contributed by atoms with Crippen LogP contribution >= 0.6 is 0 Å². The minimum atomic E-state index is -0.438. The summed E-state index contributed by atoms with van der Waals surface area (Å²) < 4.78 is 17.5. The maximum atomic E-state index is 12.1. The normalized spacial score (nSPS) is 19.1. The highest BCUT2D eigenvalue weighted by Crippen LogP contribution is 2.39. The first-order valence-corrected chi connectivity index (χ1v) is 9.11. The fraction of sp³-hybridized carbons (Fsp3) is 0.632. The van der Waals surface area contributed by atoms with E-state index in [4.69, 9.17) is 14.0 Å². The third kappa shape index (κ3) is 3.90. The average Bonchev–Trinajstić information content (AvgIpc) is 2.93. The lowest BCUT2D eigenvalue weighted by Gasteiger charge is -2.32. The molecule has 0 atom stereocenters. The van der Waals surface area contributed by atoms with Crippen molar-refractivity contribution in [2.45, 2.75) is 59.7 Å². The quantitative estimate of drug-likeness (QED) is 0.601. The maximum Gasteiger partial charge on any atom is 0.491 e. The van der Waals surface area contributed by atoms with Crippen molar-refractivity contribution in [2.75, 3.05) is 20.2 Å². The molecule has 0 aliphatic carbocycles. The van der Waals surface area contributed by atoms with Crippen LogP contribution in [0.1, 0.15) is 61.9 Å².